The zero-order chi connectivity index (χ0) is 17.9. The number of hydrogen-bond donors (Lipinski definition) is 1. The Labute approximate surface area is 152 Å². The lowest BCUT2D eigenvalue weighted by atomic mass is 10.0. The first-order valence-electron chi connectivity index (χ1n) is 9.69. The van der Waals surface area contributed by atoms with Crippen LogP contribution in [0.4, 0.5) is 0 Å². The molecule has 0 aromatic heterocycles. The van der Waals surface area contributed by atoms with Crippen molar-refractivity contribution in [2.24, 2.45) is 0 Å². The highest BCUT2D eigenvalue weighted by molar-refractivity contribution is 5.64. The molecule has 1 unspecified atom stereocenters. The molecule has 1 atom stereocenters. The summed E-state index contributed by atoms with van der Waals surface area (Å²) in [5.41, 5.74) is 3.55. The molecule has 2 aromatic rings. The number of unbranched alkanes of at least 4 members (excludes halogenated alkanes) is 5. The fourth-order valence-corrected chi connectivity index (χ4v) is 2.99. The summed E-state index contributed by atoms with van der Waals surface area (Å²) in [6, 6.07) is 16.7. The van der Waals surface area contributed by atoms with Crippen molar-refractivity contribution in [3.63, 3.8) is 0 Å². The number of aliphatic hydroxyl groups is 1. The van der Waals surface area contributed by atoms with Crippen LogP contribution in [0.3, 0.4) is 0 Å². The van der Waals surface area contributed by atoms with E-state index in [1.807, 2.05) is 6.92 Å². The predicted octanol–water partition coefficient (Wildman–Crippen LogP) is 6.02. The van der Waals surface area contributed by atoms with Gasteiger partial charge >= 0.3 is 0 Å². The molecule has 0 aliphatic heterocycles. The first kappa shape index (κ1) is 19.5. The third-order valence-corrected chi connectivity index (χ3v) is 4.44. The van der Waals surface area contributed by atoms with Gasteiger partial charge < -0.3 is 9.84 Å². The first-order valence-corrected chi connectivity index (χ1v) is 9.69. The fourth-order valence-electron chi connectivity index (χ4n) is 2.99. The molecule has 0 spiro atoms. The van der Waals surface area contributed by atoms with Gasteiger partial charge in [0.15, 0.2) is 0 Å². The Morgan fingerprint density at radius 2 is 1.36 bits per heavy atom. The molecule has 136 valence electrons. The van der Waals surface area contributed by atoms with Crippen LogP contribution in [0.15, 0.2) is 48.5 Å². The smallest absolute Gasteiger partial charge is 0.119 e. The maximum atomic E-state index is 9.45. The molecule has 0 bridgehead atoms. The molecule has 0 radical (unpaired) electrons. The standard InChI is InChI=1S/C23H32O2/c1-3-4-5-6-7-8-17-25-23-15-13-22(14-16-23)21-11-9-20(10-12-21)18-19(2)24/h9-16,19,24H,3-8,17-18H2,1-2H3. The van der Waals surface area contributed by atoms with Crippen LogP contribution in [0.25, 0.3) is 11.1 Å². The second kappa shape index (κ2) is 10.9. The minimum absolute atomic E-state index is 0.297. The second-order valence-electron chi connectivity index (χ2n) is 6.89. The quantitative estimate of drug-likeness (QED) is 0.507. The van der Waals surface area contributed by atoms with E-state index in [0.29, 0.717) is 6.42 Å². The second-order valence-corrected chi connectivity index (χ2v) is 6.89. The van der Waals surface area contributed by atoms with Crippen molar-refractivity contribution in [2.75, 3.05) is 6.61 Å². The minimum Gasteiger partial charge on any atom is -0.494 e. The summed E-state index contributed by atoms with van der Waals surface area (Å²) in [7, 11) is 0. The number of ether oxygens (including phenoxy) is 1. The van der Waals surface area contributed by atoms with Gasteiger partial charge in [0.05, 0.1) is 12.7 Å². The molecule has 0 saturated heterocycles. The monoisotopic (exact) mass is 340 g/mol. The Balaban J connectivity index is 1.77. The molecule has 25 heavy (non-hydrogen) atoms. The van der Waals surface area contributed by atoms with E-state index >= 15 is 0 Å². The first-order chi connectivity index (χ1) is 12.2. The van der Waals surface area contributed by atoms with Crippen LogP contribution in [0.2, 0.25) is 0 Å². The molecule has 2 nitrogen and oxygen atoms in total. The van der Waals surface area contributed by atoms with Gasteiger partial charge in [-0.3, -0.25) is 0 Å². The molecular formula is C23H32O2. The summed E-state index contributed by atoms with van der Waals surface area (Å²) in [6.07, 6.45) is 8.11. The molecule has 0 heterocycles. The van der Waals surface area contributed by atoms with Crippen LogP contribution in [0, 0.1) is 0 Å². The average molecular weight is 341 g/mol. The Bertz CT molecular complexity index is 584. The Morgan fingerprint density at radius 1 is 0.800 bits per heavy atom. The summed E-state index contributed by atoms with van der Waals surface area (Å²) in [6.45, 7) is 4.87. The summed E-state index contributed by atoms with van der Waals surface area (Å²) in [4.78, 5) is 0. The van der Waals surface area contributed by atoms with Gasteiger partial charge in [0.1, 0.15) is 5.75 Å². The lowest BCUT2D eigenvalue weighted by Gasteiger charge is -2.09. The van der Waals surface area contributed by atoms with E-state index in [2.05, 4.69) is 55.5 Å². The number of rotatable bonds is 11. The van der Waals surface area contributed by atoms with E-state index < -0.39 is 0 Å². The molecule has 0 aliphatic carbocycles. The molecule has 0 fully saturated rings. The van der Waals surface area contributed by atoms with Gasteiger partial charge in [0.2, 0.25) is 0 Å². The van der Waals surface area contributed by atoms with E-state index in [1.165, 1.54) is 43.2 Å². The highest BCUT2D eigenvalue weighted by atomic mass is 16.5. The third kappa shape index (κ3) is 7.31. The molecule has 1 N–H and O–H groups in total. The van der Waals surface area contributed by atoms with Gasteiger partial charge in [-0.1, -0.05) is 75.4 Å². The third-order valence-electron chi connectivity index (χ3n) is 4.44. The number of aliphatic hydroxyl groups excluding tert-OH is 1. The Kier molecular flexibility index (Phi) is 8.54. The van der Waals surface area contributed by atoms with Gasteiger partial charge in [0, 0.05) is 0 Å². The maximum Gasteiger partial charge on any atom is 0.119 e. The van der Waals surface area contributed by atoms with Crippen LogP contribution in [-0.4, -0.2) is 17.8 Å². The molecular weight excluding hydrogens is 308 g/mol. The summed E-state index contributed by atoms with van der Waals surface area (Å²) in [5.74, 6) is 0.947. The SMILES string of the molecule is CCCCCCCCOc1ccc(-c2ccc(CC(C)O)cc2)cc1. The van der Waals surface area contributed by atoms with Crippen molar-refractivity contribution in [3.8, 4) is 16.9 Å². The zero-order valence-electron chi connectivity index (χ0n) is 15.7. The fraction of sp³-hybridized carbons (Fsp3) is 0.478. The van der Waals surface area contributed by atoms with Crippen molar-refractivity contribution >= 4 is 0 Å². The summed E-state index contributed by atoms with van der Waals surface area (Å²) < 4.78 is 5.84. The van der Waals surface area contributed by atoms with Crippen molar-refractivity contribution in [1.82, 2.24) is 0 Å². The largest absolute Gasteiger partial charge is 0.494 e. The Morgan fingerprint density at radius 3 is 1.96 bits per heavy atom. The van der Waals surface area contributed by atoms with E-state index in [-0.39, 0.29) is 6.10 Å². The van der Waals surface area contributed by atoms with E-state index in [0.717, 1.165) is 24.3 Å². The molecule has 0 amide bonds. The van der Waals surface area contributed by atoms with Gasteiger partial charge in [-0.15, -0.1) is 0 Å². The predicted molar refractivity (Wildman–Crippen MR) is 106 cm³/mol. The van der Waals surface area contributed by atoms with Gasteiger partial charge in [-0.05, 0) is 48.6 Å². The van der Waals surface area contributed by atoms with Crippen molar-refractivity contribution in [2.45, 2.75) is 64.9 Å². The maximum absolute atomic E-state index is 9.45. The van der Waals surface area contributed by atoms with Gasteiger partial charge in [-0.2, -0.15) is 0 Å². The van der Waals surface area contributed by atoms with Crippen LogP contribution < -0.4 is 4.74 Å². The normalized spacial score (nSPS) is 12.1. The minimum atomic E-state index is -0.297. The van der Waals surface area contributed by atoms with Crippen molar-refractivity contribution < 1.29 is 9.84 Å². The van der Waals surface area contributed by atoms with Gasteiger partial charge in [-0.25, -0.2) is 0 Å². The van der Waals surface area contributed by atoms with Crippen molar-refractivity contribution in [3.05, 3.63) is 54.1 Å². The molecule has 0 saturated carbocycles. The lowest BCUT2D eigenvalue weighted by molar-refractivity contribution is 0.195. The molecule has 2 rings (SSSR count). The Hall–Kier alpha value is -1.80. The average Bonchev–Trinajstić information content (AvgIpc) is 2.62. The molecule has 2 heteroatoms. The zero-order valence-corrected chi connectivity index (χ0v) is 15.7. The topological polar surface area (TPSA) is 29.5 Å². The lowest BCUT2D eigenvalue weighted by Crippen LogP contribution is -2.03. The molecule has 0 aliphatic rings. The van der Waals surface area contributed by atoms with Crippen LogP contribution in [0.1, 0.15) is 57.9 Å². The number of hydrogen-bond acceptors (Lipinski definition) is 2. The van der Waals surface area contributed by atoms with Crippen LogP contribution >= 0.6 is 0 Å². The summed E-state index contributed by atoms with van der Waals surface area (Å²) >= 11 is 0. The van der Waals surface area contributed by atoms with Crippen LogP contribution in [0.5, 0.6) is 5.75 Å². The van der Waals surface area contributed by atoms with E-state index in [9.17, 15) is 5.11 Å². The molecule has 2 aromatic carbocycles. The van der Waals surface area contributed by atoms with Gasteiger partial charge in [0.25, 0.3) is 0 Å². The van der Waals surface area contributed by atoms with Crippen LogP contribution in [-0.2, 0) is 6.42 Å². The summed E-state index contributed by atoms with van der Waals surface area (Å²) in [5, 5.41) is 9.45. The van der Waals surface area contributed by atoms with E-state index in [1.54, 1.807) is 0 Å². The van der Waals surface area contributed by atoms with Crippen molar-refractivity contribution in [1.29, 1.82) is 0 Å². The van der Waals surface area contributed by atoms with E-state index in [4.69, 9.17) is 4.74 Å². The highest BCUT2D eigenvalue weighted by Gasteiger charge is 2.02. The number of benzene rings is 2. The highest BCUT2D eigenvalue weighted by Crippen LogP contribution is 2.23.